The van der Waals surface area contributed by atoms with E-state index in [1.54, 1.807) is 13.2 Å². The summed E-state index contributed by atoms with van der Waals surface area (Å²) in [6.45, 7) is 1.89. The molecule has 3 atom stereocenters. The molecule has 6 nitrogen and oxygen atoms in total. The van der Waals surface area contributed by atoms with Gasteiger partial charge in [0.1, 0.15) is 11.7 Å². The maximum absolute atomic E-state index is 12.8. The zero-order valence-electron chi connectivity index (χ0n) is 15.3. The summed E-state index contributed by atoms with van der Waals surface area (Å²) in [7, 11) is 4.16. The number of allylic oxidation sites excluding steroid dienone is 1. The van der Waals surface area contributed by atoms with E-state index in [1.807, 2.05) is 19.1 Å². The van der Waals surface area contributed by atoms with Crippen LogP contribution in [0.2, 0.25) is 0 Å². The van der Waals surface area contributed by atoms with E-state index >= 15 is 0 Å². The van der Waals surface area contributed by atoms with Gasteiger partial charge in [0, 0.05) is 5.92 Å². The Hall–Kier alpha value is -2.63. The second kappa shape index (κ2) is 6.59. The molecular weight excluding hydrogens is 336 g/mol. The Morgan fingerprint density at radius 2 is 1.88 bits per heavy atom. The Kier molecular flexibility index (Phi) is 4.61. The van der Waals surface area contributed by atoms with Gasteiger partial charge in [-0.05, 0) is 54.7 Å². The van der Waals surface area contributed by atoms with E-state index in [4.69, 9.17) is 14.2 Å². The standard InChI is InChI=1S/C20H22O6/c1-11-9-13(24-2)10-12-5-7-20(19(23)26-4)8-6-14(21)16(18(22)25-3)17(20)15(11)12/h6,8-10,16-17H,5,7H2,1-4H3/t16-,17+,20+/m1/s1. The van der Waals surface area contributed by atoms with E-state index in [0.717, 1.165) is 16.7 Å². The summed E-state index contributed by atoms with van der Waals surface area (Å²) in [5.74, 6) is -2.46. The van der Waals surface area contributed by atoms with Crippen molar-refractivity contribution in [3.05, 3.63) is 41.0 Å². The molecule has 0 fully saturated rings. The van der Waals surface area contributed by atoms with Crippen molar-refractivity contribution in [3.8, 4) is 5.75 Å². The van der Waals surface area contributed by atoms with Crippen LogP contribution in [0.5, 0.6) is 5.75 Å². The minimum absolute atomic E-state index is 0.357. The van der Waals surface area contributed by atoms with Crippen molar-refractivity contribution in [1.29, 1.82) is 0 Å². The predicted molar refractivity (Wildman–Crippen MR) is 92.9 cm³/mol. The number of carbonyl (C=O) groups excluding carboxylic acids is 3. The van der Waals surface area contributed by atoms with Crippen LogP contribution in [0.1, 0.15) is 29.0 Å². The summed E-state index contributed by atoms with van der Waals surface area (Å²) in [6, 6.07) is 3.75. The molecule has 0 amide bonds. The Bertz CT molecular complexity index is 809. The van der Waals surface area contributed by atoms with E-state index < -0.39 is 29.2 Å². The molecule has 26 heavy (non-hydrogen) atoms. The topological polar surface area (TPSA) is 78.9 Å². The largest absolute Gasteiger partial charge is 0.497 e. The third-order valence-corrected chi connectivity index (χ3v) is 5.56. The van der Waals surface area contributed by atoms with Crippen molar-refractivity contribution in [2.45, 2.75) is 25.7 Å². The van der Waals surface area contributed by atoms with Gasteiger partial charge in [-0.15, -0.1) is 0 Å². The number of hydrogen-bond acceptors (Lipinski definition) is 6. The normalized spacial score (nSPS) is 26.5. The Morgan fingerprint density at radius 1 is 1.15 bits per heavy atom. The zero-order chi connectivity index (χ0) is 19.1. The summed E-state index contributed by atoms with van der Waals surface area (Å²) in [6.07, 6.45) is 3.99. The van der Waals surface area contributed by atoms with Crippen LogP contribution in [-0.2, 0) is 30.3 Å². The van der Waals surface area contributed by atoms with E-state index in [1.165, 1.54) is 20.3 Å². The van der Waals surface area contributed by atoms with Gasteiger partial charge in [0.25, 0.3) is 0 Å². The molecule has 138 valence electrons. The van der Waals surface area contributed by atoms with Crippen molar-refractivity contribution in [2.24, 2.45) is 11.3 Å². The lowest BCUT2D eigenvalue weighted by Crippen LogP contribution is -2.50. The second-order valence-electron chi connectivity index (χ2n) is 6.76. The van der Waals surface area contributed by atoms with Crippen molar-refractivity contribution >= 4 is 17.7 Å². The zero-order valence-corrected chi connectivity index (χ0v) is 15.3. The minimum Gasteiger partial charge on any atom is -0.497 e. The highest BCUT2D eigenvalue weighted by Crippen LogP contribution is 2.55. The number of rotatable bonds is 3. The van der Waals surface area contributed by atoms with Gasteiger partial charge in [0.2, 0.25) is 0 Å². The maximum Gasteiger partial charge on any atom is 0.317 e. The highest BCUT2D eigenvalue weighted by Gasteiger charge is 2.57. The number of benzene rings is 1. The third-order valence-electron chi connectivity index (χ3n) is 5.56. The molecule has 0 radical (unpaired) electrons. The first-order valence-electron chi connectivity index (χ1n) is 8.46. The van der Waals surface area contributed by atoms with Gasteiger partial charge in [-0.25, -0.2) is 0 Å². The minimum atomic E-state index is -1.07. The van der Waals surface area contributed by atoms with Gasteiger partial charge >= 0.3 is 11.9 Å². The highest BCUT2D eigenvalue weighted by atomic mass is 16.5. The van der Waals surface area contributed by atoms with Crippen LogP contribution in [0.4, 0.5) is 0 Å². The summed E-state index contributed by atoms with van der Waals surface area (Å²) >= 11 is 0. The first kappa shape index (κ1) is 18.2. The Morgan fingerprint density at radius 3 is 2.50 bits per heavy atom. The summed E-state index contributed by atoms with van der Waals surface area (Å²) in [5, 5.41) is 0. The lowest BCUT2D eigenvalue weighted by molar-refractivity contribution is -0.158. The second-order valence-corrected chi connectivity index (χ2v) is 6.76. The van der Waals surface area contributed by atoms with Gasteiger partial charge in [0.15, 0.2) is 5.78 Å². The van der Waals surface area contributed by atoms with Crippen LogP contribution in [-0.4, -0.2) is 39.1 Å². The quantitative estimate of drug-likeness (QED) is 0.608. The first-order valence-corrected chi connectivity index (χ1v) is 8.46. The molecule has 0 bridgehead atoms. The lowest BCUT2D eigenvalue weighted by Gasteiger charge is -2.45. The third kappa shape index (κ3) is 2.52. The van der Waals surface area contributed by atoms with Crippen molar-refractivity contribution < 1.29 is 28.6 Å². The molecule has 1 aromatic rings. The van der Waals surface area contributed by atoms with Gasteiger partial charge in [-0.3, -0.25) is 14.4 Å². The van der Waals surface area contributed by atoms with Gasteiger partial charge in [0.05, 0.1) is 26.7 Å². The number of esters is 2. The first-order chi connectivity index (χ1) is 12.4. The van der Waals surface area contributed by atoms with Crippen molar-refractivity contribution in [1.82, 2.24) is 0 Å². The van der Waals surface area contributed by atoms with Crippen LogP contribution >= 0.6 is 0 Å². The molecule has 0 aliphatic heterocycles. The Balaban J connectivity index is 2.29. The fourth-order valence-electron chi connectivity index (χ4n) is 4.38. The van der Waals surface area contributed by atoms with Crippen LogP contribution in [0, 0.1) is 18.3 Å². The predicted octanol–water partition coefficient (Wildman–Crippen LogP) is 2.12. The monoisotopic (exact) mass is 358 g/mol. The molecule has 1 aromatic carbocycles. The molecule has 0 spiro atoms. The maximum atomic E-state index is 12.8. The van der Waals surface area contributed by atoms with Crippen LogP contribution in [0.3, 0.4) is 0 Å². The molecule has 2 aliphatic carbocycles. The van der Waals surface area contributed by atoms with E-state index in [2.05, 4.69) is 0 Å². The smallest absolute Gasteiger partial charge is 0.317 e. The van der Waals surface area contributed by atoms with E-state index in [-0.39, 0.29) is 5.78 Å². The molecule has 0 saturated heterocycles. The number of carbonyl (C=O) groups is 3. The van der Waals surface area contributed by atoms with Gasteiger partial charge < -0.3 is 14.2 Å². The molecule has 3 rings (SSSR count). The average Bonchev–Trinajstić information content (AvgIpc) is 2.66. The summed E-state index contributed by atoms with van der Waals surface area (Å²) < 4.78 is 15.3. The molecule has 6 heteroatoms. The summed E-state index contributed by atoms with van der Waals surface area (Å²) in [4.78, 5) is 37.8. The lowest BCUT2D eigenvalue weighted by atomic mass is 9.55. The fourth-order valence-corrected chi connectivity index (χ4v) is 4.38. The molecular formula is C20H22O6. The molecule has 0 N–H and O–H groups in total. The van der Waals surface area contributed by atoms with Crippen molar-refractivity contribution in [3.63, 3.8) is 0 Å². The fraction of sp³-hybridized carbons (Fsp3) is 0.450. The molecule has 0 unspecified atom stereocenters. The van der Waals surface area contributed by atoms with Crippen LogP contribution in [0.15, 0.2) is 24.3 Å². The number of ether oxygens (including phenoxy) is 3. The Labute approximate surface area is 152 Å². The average molecular weight is 358 g/mol. The van der Waals surface area contributed by atoms with Crippen LogP contribution < -0.4 is 4.74 Å². The number of aryl methyl sites for hydroxylation is 2. The van der Waals surface area contributed by atoms with Crippen LogP contribution in [0.25, 0.3) is 0 Å². The summed E-state index contributed by atoms with van der Waals surface area (Å²) in [5.41, 5.74) is 1.61. The molecule has 0 heterocycles. The van der Waals surface area contributed by atoms with Crippen molar-refractivity contribution in [2.75, 3.05) is 21.3 Å². The number of fused-ring (bicyclic) bond motifs is 3. The number of ketones is 1. The van der Waals surface area contributed by atoms with E-state index in [9.17, 15) is 14.4 Å². The molecule has 2 aliphatic rings. The number of methoxy groups -OCH3 is 3. The molecule has 0 aromatic heterocycles. The highest BCUT2D eigenvalue weighted by molar-refractivity contribution is 6.08. The SMILES string of the molecule is COC(=O)[C@@H]1C(=O)C=C[C@@]2(C(=O)OC)CCc3cc(OC)cc(C)c3[C@@H]12. The number of hydrogen-bond donors (Lipinski definition) is 0. The molecule has 0 saturated carbocycles. The van der Waals surface area contributed by atoms with E-state index in [0.29, 0.717) is 18.6 Å². The van der Waals surface area contributed by atoms with Gasteiger partial charge in [-0.1, -0.05) is 6.08 Å². The van der Waals surface area contributed by atoms with Gasteiger partial charge in [-0.2, -0.15) is 0 Å².